The monoisotopic (exact) mass is 409 g/mol. The number of benzene rings is 1. The van der Waals surface area contributed by atoms with Gasteiger partial charge in [0.15, 0.2) is 0 Å². The van der Waals surface area contributed by atoms with Gasteiger partial charge in [0.25, 0.3) is 0 Å². The Kier molecular flexibility index (Phi) is 6.13. The van der Waals surface area contributed by atoms with E-state index in [4.69, 9.17) is 0 Å². The first-order valence-electron chi connectivity index (χ1n) is 8.81. The number of thiazole rings is 1. The van der Waals surface area contributed by atoms with Gasteiger partial charge >= 0.3 is 4.87 Å². The third-order valence-corrected chi connectivity index (χ3v) is 7.43. The predicted molar refractivity (Wildman–Crippen MR) is 105 cm³/mol. The van der Waals surface area contributed by atoms with Gasteiger partial charge in [-0.25, -0.2) is 8.42 Å². The number of aryl methyl sites for hydroxylation is 1. The molecule has 1 fully saturated rings. The first-order chi connectivity index (χ1) is 12.9. The number of rotatable bonds is 6. The van der Waals surface area contributed by atoms with E-state index in [0.717, 1.165) is 22.6 Å². The largest absolute Gasteiger partial charge is 0.340 e. The zero-order chi connectivity index (χ0) is 19.4. The van der Waals surface area contributed by atoms with Gasteiger partial charge in [-0.15, -0.1) is 0 Å². The van der Waals surface area contributed by atoms with Gasteiger partial charge in [-0.2, -0.15) is 4.31 Å². The lowest BCUT2D eigenvalue weighted by Crippen LogP contribution is -2.50. The van der Waals surface area contributed by atoms with Crippen molar-refractivity contribution in [3.8, 4) is 0 Å². The normalized spacial score (nSPS) is 15.8. The van der Waals surface area contributed by atoms with Gasteiger partial charge in [0.1, 0.15) is 0 Å². The van der Waals surface area contributed by atoms with Crippen LogP contribution in [0.5, 0.6) is 0 Å². The molecule has 0 N–H and O–H groups in total. The van der Waals surface area contributed by atoms with Gasteiger partial charge in [-0.05, 0) is 12.5 Å². The van der Waals surface area contributed by atoms with Crippen LogP contribution in [-0.4, -0.2) is 54.3 Å². The molecule has 146 valence electrons. The van der Waals surface area contributed by atoms with Crippen LogP contribution in [-0.2, 0) is 27.1 Å². The minimum Gasteiger partial charge on any atom is -0.340 e. The lowest BCUT2D eigenvalue weighted by molar-refractivity contribution is -0.132. The second-order valence-electron chi connectivity index (χ2n) is 6.57. The molecule has 0 bridgehead atoms. The molecule has 7 nitrogen and oxygen atoms in total. The molecule has 3 rings (SSSR count). The smallest absolute Gasteiger partial charge is 0.307 e. The highest BCUT2D eigenvalue weighted by atomic mass is 32.2. The van der Waals surface area contributed by atoms with Crippen LogP contribution in [0.1, 0.15) is 17.7 Å². The summed E-state index contributed by atoms with van der Waals surface area (Å²) in [7, 11) is -3.39. The topological polar surface area (TPSA) is 79.7 Å². The summed E-state index contributed by atoms with van der Waals surface area (Å²) in [6.45, 7) is 3.57. The Morgan fingerprint density at radius 3 is 2.37 bits per heavy atom. The highest BCUT2D eigenvalue weighted by molar-refractivity contribution is 7.88. The number of hydrogen-bond acceptors (Lipinski definition) is 5. The average molecular weight is 410 g/mol. The molecule has 9 heteroatoms. The van der Waals surface area contributed by atoms with Crippen LogP contribution in [0.2, 0.25) is 0 Å². The van der Waals surface area contributed by atoms with Gasteiger partial charge < -0.3 is 9.47 Å². The molecule has 1 aliphatic heterocycles. The van der Waals surface area contributed by atoms with Crippen molar-refractivity contribution < 1.29 is 13.2 Å². The summed E-state index contributed by atoms with van der Waals surface area (Å²) >= 11 is 1.13. The number of sulfonamides is 1. The maximum absolute atomic E-state index is 12.6. The van der Waals surface area contributed by atoms with Crippen LogP contribution in [0.4, 0.5) is 0 Å². The number of amides is 1. The van der Waals surface area contributed by atoms with Gasteiger partial charge in [0.2, 0.25) is 15.9 Å². The fourth-order valence-electron chi connectivity index (χ4n) is 3.13. The molecule has 0 aliphatic carbocycles. The molecule has 0 atom stereocenters. The minimum atomic E-state index is -3.39. The summed E-state index contributed by atoms with van der Waals surface area (Å²) < 4.78 is 28.2. The van der Waals surface area contributed by atoms with Crippen molar-refractivity contribution in [2.75, 3.05) is 26.2 Å². The summed E-state index contributed by atoms with van der Waals surface area (Å²) in [6, 6.07) is 9.09. The van der Waals surface area contributed by atoms with E-state index >= 15 is 0 Å². The predicted octanol–water partition coefficient (Wildman–Crippen LogP) is 1.28. The first-order valence-corrected chi connectivity index (χ1v) is 11.3. The molecular weight excluding hydrogens is 386 g/mol. The second kappa shape index (κ2) is 8.37. The zero-order valence-corrected chi connectivity index (χ0v) is 16.8. The summed E-state index contributed by atoms with van der Waals surface area (Å²) in [5.41, 5.74) is 1.61. The van der Waals surface area contributed by atoms with Crippen LogP contribution >= 0.6 is 11.3 Å². The van der Waals surface area contributed by atoms with Crippen molar-refractivity contribution in [2.45, 2.75) is 25.6 Å². The molecule has 27 heavy (non-hydrogen) atoms. The zero-order valence-electron chi connectivity index (χ0n) is 15.2. The molecule has 1 aromatic carbocycles. The molecule has 2 aromatic rings. The van der Waals surface area contributed by atoms with E-state index in [1.807, 2.05) is 25.1 Å². The van der Waals surface area contributed by atoms with Crippen LogP contribution in [0.15, 0.2) is 40.5 Å². The van der Waals surface area contributed by atoms with Crippen LogP contribution in [0.3, 0.4) is 0 Å². The number of carbonyl (C=O) groups excluding carboxylic acids is 1. The van der Waals surface area contributed by atoms with Crippen molar-refractivity contribution in [2.24, 2.45) is 0 Å². The van der Waals surface area contributed by atoms with E-state index < -0.39 is 10.0 Å². The quantitative estimate of drug-likeness (QED) is 0.720. The highest BCUT2D eigenvalue weighted by Gasteiger charge is 2.28. The van der Waals surface area contributed by atoms with E-state index in [9.17, 15) is 18.0 Å². The SMILES string of the molecule is Cc1csc(=O)n1CCC(=O)N1CCN(S(=O)(=O)Cc2ccccc2)CC1. The number of carbonyl (C=O) groups is 1. The van der Waals surface area contributed by atoms with Crippen molar-refractivity contribution in [1.82, 2.24) is 13.8 Å². The Hall–Kier alpha value is -1.97. The van der Waals surface area contributed by atoms with Gasteiger partial charge in [0.05, 0.1) is 5.75 Å². The summed E-state index contributed by atoms with van der Waals surface area (Å²) in [5, 5.41) is 1.78. The standard InChI is InChI=1S/C18H23N3O4S2/c1-15-13-26-18(23)21(15)8-7-17(22)19-9-11-20(12-10-19)27(24,25)14-16-5-3-2-4-6-16/h2-6,13H,7-12,14H2,1H3. The van der Waals surface area contributed by atoms with E-state index in [0.29, 0.717) is 32.7 Å². The molecule has 0 spiro atoms. The van der Waals surface area contributed by atoms with Crippen molar-refractivity contribution in [1.29, 1.82) is 0 Å². The van der Waals surface area contributed by atoms with Crippen LogP contribution in [0, 0.1) is 6.92 Å². The lowest BCUT2D eigenvalue weighted by atomic mass is 10.2. The third kappa shape index (κ3) is 4.85. The number of hydrogen-bond donors (Lipinski definition) is 0. The maximum Gasteiger partial charge on any atom is 0.307 e. The summed E-state index contributed by atoms with van der Waals surface area (Å²) in [4.78, 5) is 25.7. The third-order valence-electron chi connectivity index (χ3n) is 4.70. The molecule has 0 saturated carbocycles. The maximum atomic E-state index is 12.6. The van der Waals surface area contributed by atoms with Crippen LogP contribution < -0.4 is 4.87 Å². The molecule has 1 amide bonds. The fraction of sp³-hybridized carbons (Fsp3) is 0.444. The van der Waals surface area contributed by atoms with E-state index in [-0.39, 0.29) is 23.0 Å². The Morgan fingerprint density at radius 2 is 1.78 bits per heavy atom. The second-order valence-corrected chi connectivity index (χ2v) is 9.36. The summed E-state index contributed by atoms with van der Waals surface area (Å²) in [5.74, 6) is -0.0742. The van der Waals surface area contributed by atoms with E-state index in [1.54, 1.807) is 27.0 Å². The van der Waals surface area contributed by atoms with E-state index in [2.05, 4.69) is 0 Å². The first kappa shape index (κ1) is 19.8. The Balaban J connectivity index is 1.52. The van der Waals surface area contributed by atoms with Gasteiger partial charge in [0, 0.05) is 50.2 Å². The number of piperazine rings is 1. The van der Waals surface area contributed by atoms with Gasteiger partial charge in [-0.3, -0.25) is 9.59 Å². The van der Waals surface area contributed by atoms with Crippen molar-refractivity contribution in [3.63, 3.8) is 0 Å². The van der Waals surface area contributed by atoms with Gasteiger partial charge in [-0.1, -0.05) is 41.7 Å². The Labute approximate surface area is 162 Å². The van der Waals surface area contributed by atoms with E-state index in [1.165, 1.54) is 4.31 Å². The molecule has 1 aliphatic rings. The Morgan fingerprint density at radius 1 is 1.11 bits per heavy atom. The number of aromatic nitrogens is 1. The van der Waals surface area contributed by atoms with Crippen molar-refractivity contribution >= 4 is 27.3 Å². The fourth-order valence-corrected chi connectivity index (χ4v) is 5.41. The lowest BCUT2D eigenvalue weighted by Gasteiger charge is -2.34. The number of nitrogens with zero attached hydrogens (tertiary/aromatic N) is 3. The minimum absolute atomic E-state index is 0.0257. The Bertz CT molecular complexity index is 942. The molecular formula is C18H23N3O4S2. The summed E-state index contributed by atoms with van der Waals surface area (Å²) in [6.07, 6.45) is 0.244. The molecule has 0 radical (unpaired) electrons. The molecule has 1 saturated heterocycles. The molecule has 1 aromatic heterocycles. The average Bonchev–Trinajstić information content (AvgIpc) is 2.98. The molecule has 0 unspecified atom stereocenters. The molecule has 2 heterocycles. The van der Waals surface area contributed by atoms with Crippen molar-refractivity contribution in [3.05, 3.63) is 56.6 Å². The van der Waals surface area contributed by atoms with Crippen LogP contribution in [0.25, 0.3) is 0 Å². The highest BCUT2D eigenvalue weighted by Crippen LogP contribution is 2.14.